The highest BCUT2D eigenvalue weighted by molar-refractivity contribution is 5.42. The van der Waals surface area contributed by atoms with Crippen LogP contribution in [0.1, 0.15) is 43.5 Å². The number of nitrogens with one attached hydrogen (secondary N) is 1. The van der Waals surface area contributed by atoms with Crippen LogP contribution in [-0.2, 0) is 6.54 Å². The monoisotopic (exact) mass is 243 g/mol. The molecule has 0 aromatic carbocycles. The van der Waals surface area contributed by atoms with Crippen molar-refractivity contribution in [3.63, 3.8) is 0 Å². The molecule has 2 aromatic rings. The molecule has 0 aliphatic heterocycles. The lowest BCUT2D eigenvalue weighted by atomic mass is 9.95. The lowest BCUT2D eigenvalue weighted by molar-refractivity contribution is 0.370. The van der Waals surface area contributed by atoms with Gasteiger partial charge >= 0.3 is 0 Å². The molecule has 0 atom stereocenters. The molecule has 2 heterocycles. The van der Waals surface area contributed by atoms with Crippen LogP contribution in [0.5, 0.6) is 0 Å². The molecule has 0 amide bonds. The van der Waals surface area contributed by atoms with E-state index in [1.54, 1.807) is 0 Å². The third-order valence-corrected chi connectivity index (χ3v) is 3.99. The fraction of sp³-hybridized carbons (Fsp3) is 0.533. The molecule has 0 spiro atoms. The van der Waals surface area contributed by atoms with Crippen LogP contribution in [0.2, 0.25) is 0 Å². The van der Waals surface area contributed by atoms with Crippen LogP contribution in [0.25, 0.3) is 5.65 Å². The van der Waals surface area contributed by atoms with Crippen LogP contribution in [0, 0.1) is 6.92 Å². The third kappa shape index (κ3) is 2.27. The maximum absolute atomic E-state index is 4.60. The van der Waals surface area contributed by atoms with Crippen LogP contribution in [-0.4, -0.2) is 15.4 Å². The highest BCUT2D eigenvalue weighted by Crippen LogP contribution is 2.18. The number of nitrogens with zero attached hydrogens (tertiary/aromatic N) is 2. The van der Waals surface area contributed by atoms with Crippen molar-refractivity contribution in [3.05, 3.63) is 35.8 Å². The van der Waals surface area contributed by atoms with Crippen molar-refractivity contribution in [2.24, 2.45) is 0 Å². The molecule has 96 valence electrons. The smallest absolute Gasteiger partial charge is 0.137 e. The summed E-state index contributed by atoms with van der Waals surface area (Å²) in [7, 11) is 0. The molecule has 3 nitrogen and oxygen atoms in total. The summed E-state index contributed by atoms with van der Waals surface area (Å²) in [6.45, 7) is 3.03. The molecular formula is C15H21N3. The molecule has 3 heteroatoms. The molecule has 1 saturated carbocycles. The van der Waals surface area contributed by atoms with E-state index in [4.69, 9.17) is 0 Å². The Hall–Kier alpha value is -1.35. The van der Waals surface area contributed by atoms with E-state index in [9.17, 15) is 0 Å². The van der Waals surface area contributed by atoms with Crippen molar-refractivity contribution in [2.75, 3.05) is 0 Å². The van der Waals surface area contributed by atoms with Crippen molar-refractivity contribution < 1.29 is 0 Å². The molecule has 1 aliphatic carbocycles. The van der Waals surface area contributed by atoms with Crippen molar-refractivity contribution in [2.45, 2.75) is 51.6 Å². The summed E-state index contributed by atoms with van der Waals surface area (Å²) < 4.78 is 2.20. The lowest BCUT2D eigenvalue weighted by Crippen LogP contribution is -2.31. The minimum absolute atomic E-state index is 0.701. The quantitative estimate of drug-likeness (QED) is 0.897. The predicted octanol–water partition coefficient (Wildman–Crippen LogP) is 3.07. The molecule has 1 aliphatic rings. The molecular weight excluding hydrogens is 222 g/mol. The first-order valence-corrected chi connectivity index (χ1v) is 7.00. The van der Waals surface area contributed by atoms with Crippen molar-refractivity contribution in [1.82, 2.24) is 14.7 Å². The van der Waals surface area contributed by atoms with Gasteiger partial charge in [0.15, 0.2) is 0 Å². The summed E-state index contributed by atoms with van der Waals surface area (Å²) in [4.78, 5) is 4.60. The van der Waals surface area contributed by atoms with Crippen LogP contribution in [0.3, 0.4) is 0 Å². The standard InChI is InChI=1S/C15H21N3/c1-12-14(11-16-13-7-3-2-4-8-13)18-10-6-5-9-15(18)17-12/h5-6,9-10,13,16H,2-4,7-8,11H2,1H3. The third-order valence-electron chi connectivity index (χ3n) is 3.99. The van der Waals surface area contributed by atoms with E-state index in [1.165, 1.54) is 37.8 Å². The number of pyridine rings is 1. The highest BCUT2D eigenvalue weighted by Gasteiger charge is 2.14. The Bertz CT molecular complexity index is 524. The molecule has 1 N–H and O–H groups in total. The van der Waals surface area contributed by atoms with Gasteiger partial charge in [0, 0.05) is 18.8 Å². The van der Waals surface area contributed by atoms with Gasteiger partial charge in [-0.15, -0.1) is 0 Å². The molecule has 0 radical (unpaired) electrons. The lowest BCUT2D eigenvalue weighted by Gasteiger charge is -2.22. The number of hydrogen-bond donors (Lipinski definition) is 1. The zero-order valence-corrected chi connectivity index (χ0v) is 11.0. The largest absolute Gasteiger partial charge is 0.308 e. The van der Waals surface area contributed by atoms with E-state index >= 15 is 0 Å². The van der Waals surface area contributed by atoms with Gasteiger partial charge < -0.3 is 9.72 Å². The van der Waals surface area contributed by atoms with E-state index in [2.05, 4.69) is 40.0 Å². The average molecular weight is 243 g/mol. The zero-order valence-electron chi connectivity index (χ0n) is 11.0. The Kier molecular flexibility index (Phi) is 3.33. The molecule has 2 aromatic heterocycles. The van der Waals surface area contributed by atoms with Gasteiger partial charge in [-0.05, 0) is 31.9 Å². The normalized spacial score (nSPS) is 17.4. The van der Waals surface area contributed by atoms with Crippen LogP contribution >= 0.6 is 0 Å². The first-order valence-electron chi connectivity index (χ1n) is 7.00. The van der Waals surface area contributed by atoms with Gasteiger partial charge in [-0.1, -0.05) is 25.3 Å². The number of hydrogen-bond acceptors (Lipinski definition) is 2. The first-order chi connectivity index (χ1) is 8.84. The Labute approximate surface area is 108 Å². The SMILES string of the molecule is Cc1nc2ccccn2c1CNC1CCCCC1. The van der Waals surface area contributed by atoms with Crippen LogP contribution < -0.4 is 5.32 Å². The molecule has 1 fully saturated rings. The van der Waals surface area contributed by atoms with Gasteiger partial charge in [0.2, 0.25) is 0 Å². The van der Waals surface area contributed by atoms with Gasteiger partial charge in [0.25, 0.3) is 0 Å². The minimum atomic E-state index is 0.701. The zero-order chi connectivity index (χ0) is 12.4. The van der Waals surface area contributed by atoms with Crippen molar-refractivity contribution >= 4 is 5.65 Å². The molecule has 0 unspecified atom stereocenters. The topological polar surface area (TPSA) is 29.3 Å². The number of imidazole rings is 1. The van der Waals surface area contributed by atoms with E-state index in [1.807, 2.05) is 6.07 Å². The van der Waals surface area contributed by atoms with Gasteiger partial charge in [-0.2, -0.15) is 0 Å². The fourth-order valence-corrected chi connectivity index (χ4v) is 2.92. The van der Waals surface area contributed by atoms with E-state index in [0.717, 1.165) is 17.9 Å². The van der Waals surface area contributed by atoms with E-state index in [0.29, 0.717) is 6.04 Å². The number of rotatable bonds is 3. The number of fused-ring (bicyclic) bond motifs is 1. The fourth-order valence-electron chi connectivity index (χ4n) is 2.92. The van der Waals surface area contributed by atoms with Gasteiger partial charge in [0.1, 0.15) is 5.65 Å². The summed E-state index contributed by atoms with van der Waals surface area (Å²) in [6.07, 6.45) is 8.93. The Morgan fingerprint density at radius 2 is 2.11 bits per heavy atom. The summed E-state index contributed by atoms with van der Waals surface area (Å²) in [6, 6.07) is 6.88. The Balaban J connectivity index is 1.75. The second-order valence-electron chi connectivity index (χ2n) is 5.29. The minimum Gasteiger partial charge on any atom is -0.308 e. The van der Waals surface area contributed by atoms with E-state index < -0.39 is 0 Å². The van der Waals surface area contributed by atoms with Crippen LogP contribution in [0.4, 0.5) is 0 Å². The summed E-state index contributed by atoms with van der Waals surface area (Å²) >= 11 is 0. The van der Waals surface area contributed by atoms with E-state index in [-0.39, 0.29) is 0 Å². The average Bonchev–Trinajstić information content (AvgIpc) is 2.73. The van der Waals surface area contributed by atoms with Gasteiger partial charge in [-0.3, -0.25) is 0 Å². The molecule has 18 heavy (non-hydrogen) atoms. The summed E-state index contributed by atoms with van der Waals surface area (Å²) in [5.41, 5.74) is 3.50. The second kappa shape index (κ2) is 5.11. The first kappa shape index (κ1) is 11.7. The summed E-state index contributed by atoms with van der Waals surface area (Å²) in [5, 5.41) is 3.70. The number of aromatic nitrogens is 2. The Morgan fingerprint density at radius 1 is 1.28 bits per heavy atom. The maximum atomic E-state index is 4.60. The molecule has 3 rings (SSSR count). The molecule has 0 bridgehead atoms. The maximum Gasteiger partial charge on any atom is 0.137 e. The van der Waals surface area contributed by atoms with Crippen LogP contribution in [0.15, 0.2) is 24.4 Å². The van der Waals surface area contributed by atoms with Gasteiger partial charge in [-0.25, -0.2) is 4.98 Å². The second-order valence-corrected chi connectivity index (χ2v) is 5.29. The highest BCUT2D eigenvalue weighted by atomic mass is 15.0. The Morgan fingerprint density at radius 3 is 2.94 bits per heavy atom. The van der Waals surface area contributed by atoms with Crippen molar-refractivity contribution in [3.8, 4) is 0 Å². The van der Waals surface area contributed by atoms with Gasteiger partial charge in [0.05, 0.1) is 11.4 Å². The number of aryl methyl sites for hydroxylation is 1. The predicted molar refractivity (Wildman–Crippen MR) is 73.6 cm³/mol. The summed E-state index contributed by atoms with van der Waals surface area (Å²) in [5.74, 6) is 0. The molecule has 0 saturated heterocycles. The van der Waals surface area contributed by atoms with Crippen molar-refractivity contribution in [1.29, 1.82) is 0 Å².